The first-order valence-corrected chi connectivity index (χ1v) is 8.34. The Kier molecular flexibility index (Phi) is 3.66. The molecule has 1 aromatic carbocycles. The van der Waals surface area contributed by atoms with Crippen LogP contribution in [0.5, 0.6) is 5.88 Å². The number of H-pyrrole nitrogens is 1. The van der Waals surface area contributed by atoms with E-state index in [9.17, 15) is 5.26 Å². The van der Waals surface area contributed by atoms with E-state index in [-0.39, 0.29) is 5.60 Å². The molecule has 0 saturated carbocycles. The Labute approximate surface area is 145 Å². The molecular formula is C19H19N5O. The van der Waals surface area contributed by atoms with Gasteiger partial charge in [-0.2, -0.15) is 5.26 Å². The zero-order valence-corrected chi connectivity index (χ0v) is 14.3. The van der Waals surface area contributed by atoms with Crippen molar-refractivity contribution in [1.82, 2.24) is 20.3 Å². The van der Waals surface area contributed by atoms with Crippen molar-refractivity contribution in [2.24, 2.45) is 0 Å². The van der Waals surface area contributed by atoms with E-state index in [1.807, 2.05) is 25.3 Å². The first-order chi connectivity index (χ1) is 12.1. The third kappa shape index (κ3) is 2.73. The van der Waals surface area contributed by atoms with Crippen LogP contribution in [0.15, 0.2) is 30.6 Å². The fraction of sp³-hybridized carbons (Fsp3) is 0.316. The molecule has 3 aromatic rings. The topological polar surface area (TPSA) is 86.6 Å². The second-order valence-corrected chi connectivity index (χ2v) is 6.67. The SMILES string of the molecule is Cc1nc(-c2c[nH]c3c(C#N)cccc23)cnc1OC1(C)CCNC1. The maximum absolute atomic E-state index is 9.24. The maximum Gasteiger partial charge on any atom is 0.235 e. The Morgan fingerprint density at radius 3 is 2.96 bits per heavy atom. The van der Waals surface area contributed by atoms with Crippen molar-refractivity contribution >= 4 is 10.9 Å². The van der Waals surface area contributed by atoms with Gasteiger partial charge in [-0.15, -0.1) is 0 Å². The second-order valence-electron chi connectivity index (χ2n) is 6.67. The number of nitrogens with one attached hydrogen (secondary N) is 2. The van der Waals surface area contributed by atoms with Gasteiger partial charge in [0.1, 0.15) is 17.4 Å². The average molecular weight is 333 g/mol. The van der Waals surface area contributed by atoms with E-state index in [0.29, 0.717) is 11.4 Å². The van der Waals surface area contributed by atoms with Gasteiger partial charge in [0, 0.05) is 30.1 Å². The molecule has 1 saturated heterocycles. The van der Waals surface area contributed by atoms with E-state index >= 15 is 0 Å². The molecule has 2 N–H and O–H groups in total. The van der Waals surface area contributed by atoms with Gasteiger partial charge in [-0.25, -0.2) is 9.97 Å². The van der Waals surface area contributed by atoms with Gasteiger partial charge in [-0.3, -0.25) is 0 Å². The van der Waals surface area contributed by atoms with E-state index in [1.165, 1.54) is 0 Å². The van der Waals surface area contributed by atoms with Crippen molar-refractivity contribution in [3.8, 4) is 23.2 Å². The van der Waals surface area contributed by atoms with Crippen molar-refractivity contribution in [2.75, 3.05) is 13.1 Å². The molecule has 0 radical (unpaired) electrons. The van der Waals surface area contributed by atoms with Crippen LogP contribution in [-0.2, 0) is 0 Å². The summed E-state index contributed by atoms with van der Waals surface area (Å²) in [5.41, 5.74) is 3.67. The zero-order valence-electron chi connectivity index (χ0n) is 14.3. The molecule has 3 heterocycles. The first-order valence-electron chi connectivity index (χ1n) is 8.34. The van der Waals surface area contributed by atoms with Crippen LogP contribution in [-0.4, -0.2) is 33.6 Å². The predicted octanol–water partition coefficient (Wildman–Crippen LogP) is 2.94. The number of nitrogens with zero attached hydrogens (tertiary/aromatic N) is 3. The highest BCUT2D eigenvalue weighted by Crippen LogP contribution is 2.31. The van der Waals surface area contributed by atoms with Crippen molar-refractivity contribution < 1.29 is 4.74 Å². The van der Waals surface area contributed by atoms with Gasteiger partial charge in [0.05, 0.1) is 23.0 Å². The molecule has 0 amide bonds. The fourth-order valence-corrected chi connectivity index (χ4v) is 3.27. The highest BCUT2D eigenvalue weighted by molar-refractivity contribution is 5.97. The summed E-state index contributed by atoms with van der Waals surface area (Å²) in [4.78, 5) is 12.4. The molecule has 1 fully saturated rings. The van der Waals surface area contributed by atoms with Crippen molar-refractivity contribution in [3.05, 3.63) is 41.9 Å². The molecular weight excluding hydrogens is 314 g/mol. The number of benzene rings is 1. The van der Waals surface area contributed by atoms with Gasteiger partial charge >= 0.3 is 0 Å². The van der Waals surface area contributed by atoms with Gasteiger partial charge in [0.2, 0.25) is 5.88 Å². The van der Waals surface area contributed by atoms with Gasteiger partial charge in [-0.05, 0) is 26.5 Å². The quantitative estimate of drug-likeness (QED) is 0.769. The van der Waals surface area contributed by atoms with Crippen LogP contribution >= 0.6 is 0 Å². The number of ether oxygens (including phenoxy) is 1. The molecule has 0 spiro atoms. The summed E-state index contributed by atoms with van der Waals surface area (Å²) in [5, 5.41) is 13.5. The first kappa shape index (κ1) is 15.6. The summed E-state index contributed by atoms with van der Waals surface area (Å²) in [6, 6.07) is 7.86. The molecule has 1 aliphatic rings. The normalized spacial score (nSPS) is 19.9. The minimum atomic E-state index is -0.233. The van der Waals surface area contributed by atoms with Crippen LogP contribution in [0, 0.1) is 18.3 Å². The predicted molar refractivity (Wildman–Crippen MR) is 95.3 cm³/mol. The average Bonchev–Trinajstić information content (AvgIpc) is 3.23. The molecule has 4 rings (SSSR count). The number of hydrogen-bond donors (Lipinski definition) is 2. The van der Waals surface area contributed by atoms with E-state index in [2.05, 4.69) is 33.3 Å². The minimum Gasteiger partial charge on any atom is -0.469 e. The highest BCUT2D eigenvalue weighted by atomic mass is 16.5. The van der Waals surface area contributed by atoms with Crippen LogP contribution in [0.2, 0.25) is 0 Å². The van der Waals surface area contributed by atoms with Crippen molar-refractivity contribution in [3.63, 3.8) is 0 Å². The third-order valence-electron chi connectivity index (χ3n) is 4.69. The molecule has 2 aromatic heterocycles. The van der Waals surface area contributed by atoms with Crippen LogP contribution in [0.4, 0.5) is 0 Å². The molecule has 25 heavy (non-hydrogen) atoms. The van der Waals surface area contributed by atoms with Crippen molar-refractivity contribution in [1.29, 1.82) is 5.26 Å². The molecule has 1 atom stereocenters. The smallest absolute Gasteiger partial charge is 0.235 e. The van der Waals surface area contributed by atoms with E-state index in [0.717, 1.165) is 47.4 Å². The summed E-state index contributed by atoms with van der Waals surface area (Å²) >= 11 is 0. The highest BCUT2D eigenvalue weighted by Gasteiger charge is 2.31. The lowest BCUT2D eigenvalue weighted by Crippen LogP contribution is -2.35. The molecule has 6 heteroatoms. The lowest BCUT2D eigenvalue weighted by atomic mass is 10.1. The Morgan fingerprint density at radius 1 is 1.36 bits per heavy atom. The Morgan fingerprint density at radius 2 is 2.24 bits per heavy atom. The third-order valence-corrected chi connectivity index (χ3v) is 4.69. The largest absolute Gasteiger partial charge is 0.469 e. The van der Waals surface area contributed by atoms with Crippen LogP contribution in [0.25, 0.3) is 22.2 Å². The molecule has 1 aliphatic heterocycles. The number of rotatable bonds is 3. The van der Waals surface area contributed by atoms with Gasteiger partial charge in [0.15, 0.2) is 0 Å². The zero-order chi connectivity index (χ0) is 17.4. The summed E-state index contributed by atoms with van der Waals surface area (Å²) in [6.07, 6.45) is 4.56. The lowest BCUT2D eigenvalue weighted by molar-refractivity contribution is 0.103. The number of aromatic amines is 1. The number of aromatic nitrogens is 3. The minimum absolute atomic E-state index is 0.233. The molecule has 0 bridgehead atoms. The molecule has 1 unspecified atom stereocenters. The lowest BCUT2D eigenvalue weighted by Gasteiger charge is -2.24. The molecule has 0 aliphatic carbocycles. The van der Waals surface area contributed by atoms with Crippen LogP contribution in [0.3, 0.4) is 0 Å². The Balaban J connectivity index is 1.71. The number of para-hydroxylation sites is 1. The second kappa shape index (κ2) is 5.87. The fourth-order valence-electron chi connectivity index (χ4n) is 3.27. The van der Waals surface area contributed by atoms with Gasteiger partial charge in [-0.1, -0.05) is 12.1 Å². The standard InChI is InChI=1S/C19H19N5O/c1-12-18(25-19(2)6-7-21-11-19)23-10-16(24-12)15-9-22-17-13(8-20)4-3-5-14(15)17/h3-5,9-10,21-22H,6-7,11H2,1-2H3. The Bertz CT molecular complexity index is 979. The number of hydrogen-bond acceptors (Lipinski definition) is 5. The number of aryl methyl sites for hydroxylation is 1. The van der Waals surface area contributed by atoms with Crippen LogP contribution < -0.4 is 10.1 Å². The number of fused-ring (bicyclic) bond motifs is 1. The van der Waals surface area contributed by atoms with E-state index in [1.54, 1.807) is 12.3 Å². The summed E-state index contributed by atoms with van der Waals surface area (Å²) in [7, 11) is 0. The van der Waals surface area contributed by atoms with Crippen LogP contribution in [0.1, 0.15) is 24.6 Å². The number of nitriles is 1. The van der Waals surface area contributed by atoms with Gasteiger partial charge < -0.3 is 15.0 Å². The molecule has 6 nitrogen and oxygen atoms in total. The summed E-state index contributed by atoms with van der Waals surface area (Å²) < 4.78 is 6.10. The van der Waals surface area contributed by atoms with Gasteiger partial charge in [0.25, 0.3) is 0 Å². The summed E-state index contributed by atoms with van der Waals surface area (Å²) in [5.74, 6) is 0.576. The monoisotopic (exact) mass is 333 g/mol. The van der Waals surface area contributed by atoms with E-state index < -0.39 is 0 Å². The van der Waals surface area contributed by atoms with Crippen molar-refractivity contribution in [2.45, 2.75) is 25.9 Å². The molecule has 126 valence electrons. The Hall–Kier alpha value is -2.91. The van der Waals surface area contributed by atoms with E-state index in [4.69, 9.17) is 4.74 Å². The maximum atomic E-state index is 9.24. The summed E-state index contributed by atoms with van der Waals surface area (Å²) in [6.45, 7) is 5.77.